The number of fused-ring (bicyclic) bond motifs is 2. The number of rotatable bonds is 5. The maximum Gasteiger partial charge on any atom is 0.137 e. The Kier molecular flexibility index (Phi) is 3.84. The van der Waals surface area contributed by atoms with Gasteiger partial charge in [0.15, 0.2) is 0 Å². The van der Waals surface area contributed by atoms with Gasteiger partial charge in [0.2, 0.25) is 0 Å². The summed E-state index contributed by atoms with van der Waals surface area (Å²) in [6.45, 7) is 0.0256. The average molecular weight is 318 g/mol. The first-order valence-corrected chi connectivity index (χ1v) is 7.97. The Morgan fingerprint density at radius 2 is 1.79 bits per heavy atom. The van der Waals surface area contributed by atoms with E-state index in [1.807, 2.05) is 42.6 Å². The van der Waals surface area contributed by atoms with Crippen LogP contribution in [0.4, 0.5) is 5.82 Å². The highest BCUT2D eigenvalue weighted by atomic mass is 16.3. The van der Waals surface area contributed by atoms with Gasteiger partial charge in [-0.05, 0) is 30.2 Å². The highest BCUT2D eigenvalue weighted by molar-refractivity contribution is 5.89. The quantitative estimate of drug-likeness (QED) is 0.528. The first kappa shape index (κ1) is 14.7. The summed E-state index contributed by atoms with van der Waals surface area (Å²) in [7, 11) is 0. The number of hydrogen-bond donors (Lipinski definition) is 3. The number of para-hydroxylation sites is 2. The standard InChI is InChI=1S/C19H18N4O/c24-11-14(9-13-10-20-17-7-3-1-5-15(13)17)23-19-16-6-2-4-8-18(16)21-12-22-19/h1-8,10,12,14,20,24H,9,11H2,(H,21,22,23)/t14-/m0/s1. The summed E-state index contributed by atoms with van der Waals surface area (Å²) < 4.78 is 0. The number of nitrogens with zero attached hydrogens (tertiary/aromatic N) is 2. The molecule has 5 nitrogen and oxygen atoms in total. The van der Waals surface area contributed by atoms with E-state index in [0.717, 1.165) is 22.2 Å². The second-order valence-corrected chi connectivity index (χ2v) is 5.83. The highest BCUT2D eigenvalue weighted by Crippen LogP contribution is 2.22. The van der Waals surface area contributed by atoms with Gasteiger partial charge in [0.25, 0.3) is 0 Å². The van der Waals surface area contributed by atoms with Crippen LogP contribution < -0.4 is 5.32 Å². The summed E-state index contributed by atoms with van der Waals surface area (Å²) in [5.74, 6) is 0.750. The van der Waals surface area contributed by atoms with E-state index in [4.69, 9.17) is 0 Å². The Bertz CT molecular complexity index is 974. The van der Waals surface area contributed by atoms with Crippen molar-refractivity contribution < 1.29 is 5.11 Å². The van der Waals surface area contributed by atoms with Crippen LogP contribution in [-0.4, -0.2) is 32.7 Å². The molecule has 4 rings (SSSR count). The normalized spacial score (nSPS) is 12.5. The minimum atomic E-state index is -0.123. The first-order chi connectivity index (χ1) is 11.8. The fourth-order valence-corrected chi connectivity index (χ4v) is 3.04. The molecule has 0 saturated carbocycles. The molecule has 0 aliphatic rings. The van der Waals surface area contributed by atoms with E-state index in [-0.39, 0.29) is 12.6 Å². The number of aliphatic hydroxyl groups is 1. The van der Waals surface area contributed by atoms with Gasteiger partial charge in [-0.25, -0.2) is 9.97 Å². The number of aliphatic hydroxyl groups excluding tert-OH is 1. The fourth-order valence-electron chi connectivity index (χ4n) is 3.04. The number of benzene rings is 2. The van der Waals surface area contributed by atoms with E-state index >= 15 is 0 Å². The summed E-state index contributed by atoms with van der Waals surface area (Å²) in [6.07, 6.45) is 4.26. The van der Waals surface area contributed by atoms with Crippen molar-refractivity contribution in [1.29, 1.82) is 0 Å². The molecule has 0 saturated heterocycles. The van der Waals surface area contributed by atoms with Gasteiger partial charge in [0, 0.05) is 22.5 Å². The smallest absolute Gasteiger partial charge is 0.137 e. The van der Waals surface area contributed by atoms with Crippen LogP contribution in [0.1, 0.15) is 5.56 Å². The number of aromatic nitrogens is 3. The van der Waals surface area contributed by atoms with Crippen molar-refractivity contribution in [3.8, 4) is 0 Å². The molecule has 0 radical (unpaired) electrons. The molecule has 5 heteroatoms. The zero-order valence-corrected chi connectivity index (χ0v) is 13.1. The van der Waals surface area contributed by atoms with Crippen molar-refractivity contribution in [1.82, 2.24) is 15.0 Å². The largest absolute Gasteiger partial charge is 0.394 e. The maximum absolute atomic E-state index is 9.81. The molecule has 0 bridgehead atoms. The van der Waals surface area contributed by atoms with Crippen LogP contribution >= 0.6 is 0 Å². The van der Waals surface area contributed by atoms with Gasteiger partial charge in [-0.1, -0.05) is 30.3 Å². The molecule has 2 aromatic heterocycles. The molecule has 0 aliphatic carbocycles. The van der Waals surface area contributed by atoms with E-state index < -0.39 is 0 Å². The van der Waals surface area contributed by atoms with E-state index in [1.165, 1.54) is 10.9 Å². The molecule has 2 aromatic carbocycles. The summed E-state index contributed by atoms with van der Waals surface area (Å²) in [5.41, 5.74) is 3.17. The third kappa shape index (κ3) is 2.70. The Labute approximate surface area is 139 Å². The number of H-pyrrole nitrogens is 1. The molecule has 0 fully saturated rings. The Balaban J connectivity index is 1.62. The second kappa shape index (κ2) is 6.29. The van der Waals surface area contributed by atoms with E-state index in [2.05, 4.69) is 32.4 Å². The Morgan fingerprint density at radius 3 is 2.67 bits per heavy atom. The molecular formula is C19H18N4O. The van der Waals surface area contributed by atoms with Gasteiger partial charge in [0.05, 0.1) is 18.2 Å². The van der Waals surface area contributed by atoms with Gasteiger partial charge in [-0.15, -0.1) is 0 Å². The molecule has 2 heterocycles. The number of nitrogens with one attached hydrogen (secondary N) is 2. The van der Waals surface area contributed by atoms with E-state index in [0.29, 0.717) is 6.42 Å². The molecular weight excluding hydrogens is 300 g/mol. The number of hydrogen-bond acceptors (Lipinski definition) is 4. The summed E-state index contributed by atoms with van der Waals surface area (Å²) in [6, 6.07) is 15.9. The lowest BCUT2D eigenvalue weighted by Gasteiger charge is -2.17. The minimum Gasteiger partial charge on any atom is -0.394 e. The van der Waals surface area contributed by atoms with Gasteiger partial charge in [0.1, 0.15) is 12.1 Å². The van der Waals surface area contributed by atoms with Crippen molar-refractivity contribution in [3.05, 3.63) is 66.6 Å². The lowest BCUT2D eigenvalue weighted by molar-refractivity contribution is 0.274. The predicted molar refractivity (Wildman–Crippen MR) is 96.0 cm³/mol. The van der Waals surface area contributed by atoms with Crippen molar-refractivity contribution in [3.63, 3.8) is 0 Å². The summed E-state index contributed by atoms with van der Waals surface area (Å²) in [4.78, 5) is 11.9. The number of aromatic amines is 1. The van der Waals surface area contributed by atoms with Gasteiger partial charge in [-0.3, -0.25) is 0 Å². The average Bonchev–Trinajstić information content (AvgIpc) is 3.04. The van der Waals surface area contributed by atoms with Crippen LogP contribution in [0.3, 0.4) is 0 Å². The van der Waals surface area contributed by atoms with Crippen LogP contribution in [0.5, 0.6) is 0 Å². The SMILES string of the molecule is OC[C@H](Cc1c[nH]c2ccccc12)Nc1ncnc2ccccc12. The monoisotopic (exact) mass is 318 g/mol. The molecule has 0 amide bonds. The zero-order chi connectivity index (χ0) is 16.4. The third-order valence-corrected chi connectivity index (χ3v) is 4.25. The van der Waals surface area contributed by atoms with Crippen LogP contribution in [0.2, 0.25) is 0 Å². The minimum absolute atomic E-state index is 0.0256. The van der Waals surface area contributed by atoms with Crippen molar-refractivity contribution in [2.45, 2.75) is 12.5 Å². The first-order valence-electron chi connectivity index (χ1n) is 7.97. The van der Waals surface area contributed by atoms with Gasteiger partial charge >= 0.3 is 0 Å². The van der Waals surface area contributed by atoms with Crippen molar-refractivity contribution in [2.24, 2.45) is 0 Å². The van der Waals surface area contributed by atoms with Crippen LogP contribution in [-0.2, 0) is 6.42 Å². The zero-order valence-electron chi connectivity index (χ0n) is 13.1. The summed E-state index contributed by atoms with van der Waals surface area (Å²) >= 11 is 0. The predicted octanol–water partition coefficient (Wildman–Crippen LogP) is 3.13. The van der Waals surface area contributed by atoms with Crippen molar-refractivity contribution >= 4 is 27.6 Å². The van der Waals surface area contributed by atoms with Crippen molar-refractivity contribution in [2.75, 3.05) is 11.9 Å². The summed E-state index contributed by atoms with van der Waals surface area (Å²) in [5, 5.41) is 15.3. The molecule has 120 valence electrons. The van der Waals surface area contributed by atoms with Crippen LogP contribution in [0.15, 0.2) is 61.1 Å². The van der Waals surface area contributed by atoms with E-state index in [1.54, 1.807) is 6.33 Å². The van der Waals surface area contributed by atoms with Gasteiger partial charge < -0.3 is 15.4 Å². The van der Waals surface area contributed by atoms with Crippen LogP contribution in [0, 0.1) is 0 Å². The Hall–Kier alpha value is -2.92. The lowest BCUT2D eigenvalue weighted by atomic mass is 10.1. The number of anilines is 1. The molecule has 0 aliphatic heterocycles. The van der Waals surface area contributed by atoms with Crippen LogP contribution in [0.25, 0.3) is 21.8 Å². The molecule has 1 atom stereocenters. The fraction of sp³-hybridized carbons (Fsp3) is 0.158. The molecule has 24 heavy (non-hydrogen) atoms. The molecule has 4 aromatic rings. The van der Waals surface area contributed by atoms with Gasteiger partial charge in [-0.2, -0.15) is 0 Å². The molecule has 0 spiro atoms. The lowest BCUT2D eigenvalue weighted by Crippen LogP contribution is -2.27. The maximum atomic E-state index is 9.81. The molecule has 0 unspecified atom stereocenters. The highest BCUT2D eigenvalue weighted by Gasteiger charge is 2.14. The van der Waals surface area contributed by atoms with E-state index in [9.17, 15) is 5.11 Å². The second-order valence-electron chi connectivity index (χ2n) is 5.83. The topological polar surface area (TPSA) is 73.8 Å². The Morgan fingerprint density at radius 1 is 1.00 bits per heavy atom. The molecule has 3 N–H and O–H groups in total. The third-order valence-electron chi connectivity index (χ3n) is 4.25.